The fourth-order valence-electron chi connectivity index (χ4n) is 1.99. The van der Waals surface area contributed by atoms with Crippen LogP contribution in [0.2, 0.25) is 0 Å². The highest BCUT2D eigenvalue weighted by molar-refractivity contribution is 5.29. The molecule has 0 aliphatic heterocycles. The number of nitrogens with two attached hydrogens (primary N) is 1. The smallest absolute Gasteiger partial charge is 0.260 e. The average Bonchev–Trinajstić information content (AvgIpc) is 2.40. The van der Waals surface area contributed by atoms with E-state index in [1.54, 1.807) is 30.3 Å². The summed E-state index contributed by atoms with van der Waals surface area (Å²) < 4.78 is 26.7. The van der Waals surface area contributed by atoms with Crippen LogP contribution in [-0.2, 0) is 12.0 Å². The first-order chi connectivity index (χ1) is 8.63. The Hall–Kier alpha value is -1.74. The van der Waals surface area contributed by atoms with Gasteiger partial charge in [0.25, 0.3) is 6.43 Å². The van der Waals surface area contributed by atoms with Gasteiger partial charge in [0.2, 0.25) is 0 Å². The Morgan fingerprint density at radius 2 is 1.39 bits per heavy atom. The van der Waals surface area contributed by atoms with Crippen LogP contribution in [0.25, 0.3) is 0 Å². The van der Waals surface area contributed by atoms with Gasteiger partial charge in [-0.25, -0.2) is 8.78 Å². The maximum absolute atomic E-state index is 13.3. The maximum Gasteiger partial charge on any atom is 0.260 e. The van der Waals surface area contributed by atoms with Gasteiger partial charge in [-0.2, -0.15) is 0 Å². The van der Waals surface area contributed by atoms with Gasteiger partial charge in [0, 0.05) is 6.42 Å². The minimum absolute atomic E-state index is 0.121. The molecule has 0 radical (unpaired) electrons. The fourth-order valence-corrected chi connectivity index (χ4v) is 1.99. The molecule has 0 amide bonds. The number of alkyl halides is 2. The molecule has 0 heterocycles. The van der Waals surface area contributed by atoms with E-state index >= 15 is 0 Å². The highest BCUT2D eigenvalue weighted by atomic mass is 19.3. The zero-order chi connectivity index (χ0) is 13.0. The molecule has 0 aromatic heterocycles. The molecule has 18 heavy (non-hydrogen) atoms. The topological polar surface area (TPSA) is 26.0 Å². The van der Waals surface area contributed by atoms with Crippen molar-refractivity contribution in [1.82, 2.24) is 0 Å². The summed E-state index contributed by atoms with van der Waals surface area (Å²) in [6.45, 7) is 0. The first-order valence-electron chi connectivity index (χ1n) is 5.79. The average molecular weight is 247 g/mol. The molecule has 2 aromatic carbocycles. The van der Waals surface area contributed by atoms with E-state index in [-0.39, 0.29) is 6.42 Å². The summed E-state index contributed by atoms with van der Waals surface area (Å²) in [5.74, 6) is 0. The van der Waals surface area contributed by atoms with E-state index in [0.29, 0.717) is 5.56 Å². The summed E-state index contributed by atoms with van der Waals surface area (Å²) >= 11 is 0. The molecule has 0 spiro atoms. The van der Waals surface area contributed by atoms with Gasteiger partial charge in [0.1, 0.15) is 5.54 Å². The van der Waals surface area contributed by atoms with Gasteiger partial charge in [0.05, 0.1) is 0 Å². The van der Waals surface area contributed by atoms with Crippen LogP contribution in [0.3, 0.4) is 0 Å². The molecular formula is C15H15F2N. The van der Waals surface area contributed by atoms with E-state index in [1.807, 2.05) is 30.3 Å². The van der Waals surface area contributed by atoms with Gasteiger partial charge in [-0.3, -0.25) is 0 Å². The summed E-state index contributed by atoms with van der Waals surface area (Å²) in [6.07, 6.45) is -2.49. The summed E-state index contributed by atoms with van der Waals surface area (Å²) in [6, 6.07) is 17.7. The summed E-state index contributed by atoms with van der Waals surface area (Å²) in [4.78, 5) is 0. The van der Waals surface area contributed by atoms with Crippen LogP contribution in [0, 0.1) is 0 Å². The van der Waals surface area contributed by atoms with Crippen LogP contribution < -0.4 is 5.73 Å². The minimum Gasteiger partial charge on any atom is -0.316 e. The van der Waals surface area contributed by atoms with Crippen molar-refractivity contribution in [2.45, 2.75) is 18.4 Å². The molecule has 0 aliphatic carbocycles. The predicted molar refractivity (Wildman–Crippen MR) is 68.5 cm³/mol. The van der Waals surface area contributed by atoms with E-state index in [2.05, 4.69) is 0 Å². The first-order valence-corrected chi connectivity index (χ1v) is 5.79. The Bertz CT molecular complexity index is 484. The van der Waals surface area contributed by atoms with Crippen LogP contribution >= 0.6 is 0 Å². The largest absolute Gasteiger partial charge is 0.316 e. The lowest BCUT2D eigenvalue weighted by Gasteiger charge is -2.29. The minimum atomic E-state index is -2.61. The van der Waals surface area contributed by atoms with Crippen molar-refractivity contribution in [3.8, 4) is 0 Å². The molecule has 0 bridgehead atoms. The van der Waals surface area contributed by atoms with Crippen molar-refractivity contribution in [1.29, 1.82) is 0 Å². The second-order valence-electron chi connectivity index (χ2n) is 4.37. The van der Waals surface area contributed by atoms with Crippen LogP contribution in [0.5, 0.6) is 0 Å². The maximum atomic E-state index is 13.3. The molecule has 1 atom stereocenters. The molecular weight excluding hydrogens is 232 g/mol. The van der Waals surface area contributed by atoms with Crippen LogP contribution in [-0.4, -0.2) is 6.43 Å². The molecule has 2 N–H and O–H groups in total. The zero-order valence-electron chi connectivity index (χ0n) is 9.89. The van der Waals surface area contributed by atoms with Crippen LogP contribution in [0.4, 0.5) is 8.78 Å². The zero-order valence-corrected chi connectivity index (χ0v) is 9.89. The van der Waals surface area contributed by atoms with Gasteiger partial charge in [0.15, 0.2) is 0 Å². The standard InChI is InChI=1S/C15H15F2N/c16-14(17)15(18,13-9-5-2-6-10-13)11-12-7-3-1-4-8-12/h1-10,14H,11,18H2. The number of halogens is 2. The molecule has 2 rings (SSSR count). The van der Waals surface area contributed by atoms with Gasteiger partial charge >= 0.3 is 0 Å². The van der Waals surface area contributed by atoms with Crippen molar-refractivity contribution < 1.29 is 8.78 Å². The monoisotopic (exact) mass is 247 g/mol. The molecule has 0 fully saturated rings. The third-order valence-electron chi connectivity index (χ3n) is 3.04. The molecule has 2 aromatic rings. The Morgan fingerprint density at radius 1 is 0.889 bits per heavy atom. The van der Waals surface area contributed by atoms with Crippen molar-refractivity contribution in [3.63, 3.8) is 0 Å². The predicted octanol–water partition coefficient (Wildman–Crippen LogP) is 3.35. The molecule has 94 valence electrons. The molecule has 0 aliphatic rings. The molecule has 0 saturated carbocycles. The van der Waals surface area contributed by atoms with E-state index < -0.39 is 12.0 Å². The second kappa shape index (κ2) is 5.27. The second-order valence-corrected chi connectivity index (χ2v) is 4.37. The molecule has 1 unspecified atom stereocenters. The lowest BCUT2D eigenvalue weighted by Crippen LogP contribution is -2.45. The van der Waals surface area contributed by atoms with Crippen LogP contribution in [0.1, 0.15) is 11.1 Å². The first kappa shape index (κ1) is 12.7. The fraction of sp³-hybridized carbons (Fsp3) is 0.200. The van der Waals surface area contributed by atoms with Gasteiger partial charge < -0.3 is 5.73 Å². The number of rotatable bonds is 4. The van der Waals surface area contributed by atoms with Gasteiger partial charge in [-0.1, -0.05) is 60.7 Å². The molecule has 3 heteroatoms. The van der Waals surface area contributed by atoms with E-state index in [1.165, 1.54) is 0 Å². The Kier molecular flexibility index (Phi) is 3.72. The molecule has 0 saturated heterocycles. The summed E-state index contributed by atoms with van der Waals surface area (Å²) in [5, 5.41) is 0. The number of benzene rings is 2. The Labute approximate surface area is 105 Å². The normalized spacial score (nSPS) is 14.4. The van der Waals surface area contributed by atoms with Crippen molar-refractivity contribution in [3.05, 3.63) is 71.8 Å². The Morgan fingerprint density at radius 3 is 1.89 bits per heavy atom. The lowest BCUT2D eigenvalue weighted by atomic mass is 9.85. The molecule has 1 nitrogen and oxygen atoms in total. The highest BCUT2D eigenvalue weighted by Crippen LogP contribution is 2.29. The number of hydrogen-bond acceptors (Lipinski definition) is 1. The van der Waals surface area contributed by atoms with E-state index in [0.717, 1.165) is 5.56 Å². The lowest BCUT2D eigenvalue weighted by molar-refractivity contribution is 0.0517. The van der Waals surface area contributed by atoms with Gasteiger partial charge in [-0.05, 0) is 11.1 Å². The van der Waals surface area contributed by atoms with Crippen molar-refractivity contribution in [2.24, 2.45) is 5.73 Å². The van der Waals surface area contributed by atoms with Gasteiger partial charge in [-0.15, -0.1) is 0 Å². The summed E-state index contributed by atoms with van der Waals surface area (Å²) in [7, 11) is 0. The highest BCUT2D eigenvalue weighted by Gasteiger charge is 2.37. The van der Waals surface area contributed by atoms with Crippen molar-refractivity contribution >= 4 is 0 Å². The Balaban J connectivity index is 2.34. The van der Waals surface area contributed by atoms with Crippen LogP contribution in [0.15, 0.2) is 60.7 Å². The van der Waals surface area contributed by atoms with Crippen molar-refractivity contribution in [2.75, 3.05) is 0 Å². The summed E-state index contributed by atoms with van der Waals surface area (Å²) in [5.41, 5.74) is 5.58. The number of hydrogen-bond donors (Lipinski definition) is 1. The van der Waals surface area contributed by atoms with E-state index in [9.17, 15) is 8.78 Å². The van der Waals surface area contributed by atoms with E-state index in [4.69, 9.17) is 5.73 Å². The quantitative estimate of drug-likeness (QED) is 0.881. The third kappa shape index (κ3) is 2.57. The third-order valence-corrected chi connectivity index (χ3v) is 3.04. The SMILES string of the molecule is NC(Cc1ccccc1)(c1ccccc1)C(F)F.